The number of hydrogen-bond acceptors (Lipinski definition) is 3. The topological polar surface area (TPSA) is 30.5 Å². The lowest BCUT2D eigenvalue weighted by Gasteiger charge is -2.18. The van der Waals surface area contributed by atoms with Gasteiger partial charge in [-0.15, -0.1) is 0 Å². The highest BCUT2D eigenvalue weighted by Crippen LogP contribution is 2.42. The summed E-state index contributed by atoms with van der Waals surface area (Å²) in [5.41, 5.74) is 2.16. The average molecular weight is 438 g/mol. The van der Waals surface area contributed by atoms with Crippen molar-refractivity contribution in [3.8, 4) is 11.5 Å². The van der Waals surface area contributed by atoms with Crippen molar-refractivity contribution in [3.05, 3.63) is 72.8 Å². The van der Waals surface area contributed by atoms with E-state index in [9.17, 15) is 0 Å². The molecular weight excluding hydrogens is 406 g/mol. The van der Waals surface area contributed by atoms with Gasteiger partial charge in [0, 0.05) is 27.5 Å². The Labute approximate surface area is 195 Å². The van der Waals surface area contributed by atoms with Crippen LogP contribution in [0.4, 0.5) is 11.4 Å². The van der Waals surface area contributed by atoms with Gasteiger partial charge in [-0.2, -0.15) is 0 Å². The van der Waals surface area contributed by atoms with Crippen LogP contribution in [0.15, 0.2) is 72.8 Å². The Morgan fingerprint density at radius 1 is 0.667 bits per heavy atom. The first kappa shape index (κ1) is 21.4. The summed E-state index contributed by atoms with van der Waals surface area (Å²) in [6.07, 6.45) is 4.41. The highest BCUT2D eigenvalue weighted by molar-refractivity contribution is 6.27. The molecule has 0 aliphatic heterocycles. The van der Waals surface area contributed by atoms with Gasteiger partial charge in [-0.1, -0.05) is 57.0 Å². The first-order valence-electron chi connectivity index (χ1n) is 12.1. The normalized spacial score (nSPS) is 11.5. The number of benzene rings is 5. The number of ether oxygens (including phenoxy) is 2. The van der Waals surface area contributed by atoms with Crippen LogP contribution in [0.5, 0.6) is 11.5 Å². The molecule has 0 saturated heterocycles. The van der Waals surface area contributed by atoms with Crippen molar-refractivity contribution in [2.24, 2.45) is 0 Å². The molecule has 0 aliphatic carbocycles. The zero-order chi connectivity index (χ0) is 22.6. The molecular formula is C30H31NO2. The van der Waals surface area contributed by atoms with Crippen molar-refractivity contribution in [2.75, 3.05) is 18.5 Å². The fraction of sp³-hybridized carbons (Fsp3) is 0.267. The molecule has 0 amide bonds. The molecule has 0 unspecified atom stereocenters. The van der Waals surface area contributed by atoms with Crippen LogP contribution in [0.1, 0.15) is 39.5 Å². The quantitative estimate of drug-likeness (QED) is 0.175. The van der Waals surface area contributed by atoms with Gasteiger partial charge in [-0.3, -0.25) is 0 Å². The van der Waals surface area contributed by atoms with E-state index in [1.165, 1.54) is 32.3 Å². The molecule has 3 heteroatoms. The molecule has 0 aromatic heterocycles. The van der Waals surface area contributed by atoms with Gasteiger partial charge in [0.25, 0.3) is 0 Å². The minimum absolute atomic E-state index is 0.755. The molecule has 33 heavy (non-hydrogen) atoms. The fourth-order valence-electron chi connectivity index (χ4n) is 4.48. The van der Waals surface area contributed by atoms with E-state index in [0.29, 0.717) is 0 Å². The van der Waals surface area contributed by atoms with Crippen LogP contribution in [0, 0.1) is 0 Å². The summed E-state index contributed by atoms with van der Waals surface area (Å²) in [5.74, 6) is 1.89. The Kier molecular flexibility index (Phi) is 6.21. The second-order valence-corrected chi connectivity index (χ2v) is 8.66. The lowest BCUT2D eigenvalue weighted by Crippen LogP contribution is -1.99. The van der Waals surface area contributed by atoms with Crippen molar-refractivity contribution in [2.45, 2.75) is 39.5 Å². The van der Waals surface area contributed by atoms with Crippen LogP contribution in [0.3, 0.4) is 0 Å². The molecule has 0 radical (unpaired) electrons. The van der Waals surface area contributed by atoms with E-state index in [2.05, 4.69) is 79.8 Å². The molecule has 3 nitrogen and oxygen atoms in total. The van der Waals surface area contributed by atoms with Gasteiger partial charge in [-0.05, 0) is 71.5 Å². The molecule has 0 heterocycles. The predicted octanol–water partition coefficient (Wildman–Crippen LogP) is 8.69. The van der Waals surface area contributed by atoms with E-state index in [4.69, 9.17) is 9.47 Å². The molecule has 0 saturated carbocycles. The minimum atomic E-state index is 0.755. The van der Waals surface area contributed by atoms with Gasteiger partial charge >= 0.3 is 0 Å². The smallest absolute Gasteiger partial charge is 0.127 e. The van der Waals surface area contributed by atoms with Gasteiger partial charge in [-0.25, -0.2) is 0 Å². The molecule has 1 N–H and O–H groups in total. The molecule has 5 rings (SSSR count). The summed E-state index contributed by atoms with van der Waals surface area (Å²) in [7, 11) is 0. The van der Waals surface area contributed by atoms with Crippen molar-refractivity contribution in [1.82, 2.24) is 0 Å². The van der Waals surface area contributed by atoms with Crippen molar-refractivity contribution in [3.63, 3.8) is 0 Å². The second-order valence-electron chi connectivity index (χ2n) is 8.66. The Bertz CT molecular complexity index is 1360. The van der Waals surface area contributed by atoms with E-state index in [1.54, 1.807) is 0 Å². The predicted molar refractivity (Wildman–Crippen MR) is 141 cm³/mol. The van der Waals surface area contributed by atoms with Gasteiger partial charge < -0.3 is 14.8 Å². The Morgan fingerprint density at radius 3 is 2.18 bits per heavy atom. The number of nitrogens with one attached hydrogen (secondary N) is 1. The number of hydrogen-bond donors (Lipinski definition) is 1. The van der Waals surface area contributed by atoms with Crippen LogP contribution >= 0.6 is 0 Å². The summed E-state index contributed by atoms with van der Waals surface area (Å²) >= 11 is 0. The first-order chi connectivity index (χ1) is 16.3. The van der Waals surface area contributed by atoms with Gasteiger partial charge in [0.1, 0.15) is 11.5 Å². The van der Waals surface area contributed by atoms with Crippen LogP contribution in [0.2, 0.25) is 0 Å². The first-order valence-corrected chi connectivity index (χ1v) is 12.1. The van der Waals surface area contributed by atoms with Crippen molar-refractivity contribution >= 4 is 43.7 Å². The van der Waals surface area contributed by atoms with E-state index in [-0.39, 0.29) is 0 Å². The van der Waals surface area contributed by atoms with E-state index in [0.717, 1.165) is 61.8 Å². The monoisotopic (exact) mass is 437 g/mol. The molecule has 0 fully saturated rings. The SMILES string of the molecule is CCCCOc1ccc(Nc2cc3ccc(OCCCC)c4ccc5cccc2c5c34)cc1. The summed E-state index contributed by atoms with van der Waals surface area (Å²) in [6, 6.07) is 25.8. The summed E-state index contributed by atoms with van der Waals surface area (Å²) in [5, 5.41) is 11.1. The molecule has 5 aromatic rings. The lowest BCUT2D eigenvalue weighted by atomic mass is 9.92. The summed E-state index contributed by atoms with van der Waals surface area (Å²) in [6.45, 7) is 5.88. The molecule has 0 aliphatic rings. The largest absolute Gasteiger partial charge is 0.494 e. The minimum Gasteiger partial charge on any atom is -0.494 e. The number of unbranched alkanes of at least 4 members (excludes halogenated alkanes) is 2. The van der Waals surface area contributed by atoms with Gasteiger partial charge in [0.2, 0.25) is 0 Å². The molecule has 0 atom stereocenters. The van der Waals surface area contributed by atoms with E-state index >= 15 is 0 Å². The summed E-state index contributed by atoms with van der Waals surface area (Å²) in [4.78, 5) is 0. The van der Waals surface area contributed by atoms with Crippen LogP contribution in [-0.2, 0) is 0 Å². The van der Waals surface area contributed by atoms with Crippen molar-refractivity contribution in [1.29, 1.82) is 0 Å². The average Bonchev–Trinajstić information content (AvgIpc) is 2.85. The van der Waals surface area contributed by atoms with E-state index < -0.39 is 0 Å². The fourth-order valence-corrected chi connectivity index (χ4v) is 4.48. The summed E-state index contributed by atoms with van der Waals surface area (Å²) < 4.78 is 12.0. The molecule has 0 bridgehead atoms. The standard InChI is InChI=1S/C30H31NO2/c1-3-5-18-32-24-14-12-23(13-15-24)31-27-20-22-11-17-28(33-19-6-4-2)26-16-10-21-8-7-9-25(27)29(21)30(22)26/h7-17,20,31H,3-6,18-19H2,1-2H3. The maximum absolute atomic E-state index is 6.15. The molecule has 168 valence electrons. The zero-order valence-electron chi connectivity index (χ0n) is 19.5. The maximum Gasteiger partial charge on any atom is 0.127 e. The number of anilines is 2. The van der Waals surface area contributed by atoms with Gasteiger partial charge in [0.15, 0.2) is 0 Å². The van der Waals surface area contributed by atoms with Crippen LogP contribution in [-0.4, -0.2) is 13.2 Å². The zero-order valence-corrected chi connectivity index (χ0v) is 19.5. The Hall–Kier alpha value is -3.46. The van der Waals surface area contributed by atoms with Crippen molar-refractivity contribution < 1.29 is 9.47 Å². The molecule has 5 aromatic carbocycles. The Balaban J connectivity index is 1.53. The van der Waals surface area contributed by atoms with Gasteiger partial charge in [0.05, 0.1) is 13.2 Å². The molecule has 0 spiro atoms. The maximum atomic E-state index is 6.15. The second kappa shape index (κ2) is 9.58. The lowest BCUT2D eigenvalue weighted by molar-refractivity contribution is 0.309. The number of rotatable bonds is 10. The third-order valence-electron chi connectivity index (χ3n) is 6.26. The van der Waals surface area contributed by atoms with Crippen LogP contribution < -0.4 is 14.8 Å². The Morgan fingerprint density at radius 2 is 1.39 bits per heavy atom. The highest BCUT2D eigenvalue weighted by atomic mass is 16.5. The highest BCUT2D eigenvalue weighted by Gasteiger charge is 2.14. The third kappa shape index (κ3) is 4.28. The van der Waals surface area contributed by atoms with E-state index in [1.807, 2.05) is 12.1 Å². The van der Waals surface area contributed by atoms with Crippen LogP contribution in [0.25, 0.3) is 32.3 Å². The third-order valence-corrected chi connectivity index (χ3v) is 6.26.